The molecule has 1 fully saturated rings. The van der Waals surface area contributed by atoms with E-state index < -0.39 is 0 Å². The Morgan fingerprint density at radius 3 is 3.11 bits per heavy atom. The van der Waals surface area contributed by atoms with Gasteiger partial charge in [-0.25, -0.2) is 4.98 Å². The van der Waals surface area contributed by atoms with Gasteiger partial charge in [0.05, 0.1) is 5.92 Å². The predicted octanol–water partition coefficient (Wildman–Crippen LogP) is 1.06. The molecule has 1 amide bonds. The predicted molar refractivity (Wildman–Crippen MR) is 75.8 cm³/mol. The van der Waals surface area contributed by atoms with Gasteiger partial charge in [-0.2, -0.15) is 0 Å². The molecule has 104 valence electrons. The van der Waals surface area contributed by atoms with Gasteiger partial charge in [0.15, 0.2) is 0 Å². The molecule has 3 N–H and O–H groups in total. The van der Waals surface area contributed by atoms with E-state index >= 15 is 0 Å². The number of rotatable bonds is 3. The first kappa shape index (κ1) is 13.8. The fourth-order valence-electron chi connectivity index (χ4n) is 2.62. The molecule has 2 rings (SSSR count). The van der Waals surface area contributed by atoms with Gasteiger partial charge in [0, 0.05) is 37.9 Å². The van der Waals surface area contributed by atoms with E-state index in [4.69, 9.17) is 5.73 Å². The fourth-order valence-corrected chi connectivity index (χ4v) is 2.62. The number of piperidine rings is 1. The van der Waals surface area contributed by atoms with Gasteiger partial charge < -0.3 is 16.0 Å². The number of carbonyl (C=O) groups excluding carboxylic acids is 1. The highest BCUT2D eigenvalue weighted by molar-refractivity contribution is 5.79. The van der Waals surface area contributed by atoms with Crippen LogP contribution in [0.1, 0.15) is 31.4 Å². The Labute approximate surface area is 114 Å². The molecule has 2 atom stereocenters. The van der Waals surface area contributed by atoms with Crippen LogP contribution in [0.15, 0.2) is 18.3 Å². The molecular weight excluding hydrogens is 240 g/mol. The van der Waals surface area contributed by atoms with Crippen molar-refractivity contribution < 1.29 is 4.79 Å². The minimum atomic E-state index is -0.0518. The normalized spacial score (nSPS) is 21.0. The van der Waals surface area contributed by atoms with Gasteiger partial charge >= 0.3 is 0 Å². The number of carbonyl (C=O) groups is 1. The number of amides is 1. The highest BCUT2D eigenvalue weighted by Gasteiger charge is 2.27. The van der Waals surface area contributed by atoms with Crippen molar-refractivity contribution >= 4 is 11.7 Å². The van der Waals surface area contributed by atoms with Crippen LogP contribution < -0.4 is 16.0 Å². The number of anilines is 1. The molecular formula is C14H22N4O. The zero-order valence-electron chi connectivity index (χ0n) is 11.6. The Hall–Kier alpha value is -1.62. The third-order valence-corrected chi connectivity index (χ3v) is 3.65. The Morgan fingerprint density at radius 2 is 2.42 bits per heavy atom. The highest BCUT2D eigenvalue weighted by atomic mass is 16.1. The molecule has 1 saturated heterocycles. The van der Waals surface area contributed by atoms with E-state index in [1.54, 1.807) is 13.2 Å². The van der Waals surface area contributed by atoms with Crippen LogP contribution >= 0.6 is 0 Å². The molecule has 1 aromatic rings. The van der Waals surface area contributed by atoms with Crippen molar-refractivity contribution in [3.63, 3.8) is 0 Å². The maximum atomic E-state index is 11.8. The summed E-state index contributed by atoms with van der Waals surface area (Å²) in [7, 11) is 1.69. The van der Waals surface area contributed by atoms with Crippen LogP contribution in [0.25, 0.3) is 0 Å². The van der Waals surface area contributed by atoms with Crippen LogP contribution in [-0.2, 0) is 4.79 Å². The second-order valence-electron chi connectivity index (χ2n) is 5.10. The number of aromatic nitrogens is 1. The molecule has 1 aliphatic heterocycles. The first-order valence-electron chi connectivity index (χ1n) is 6.80. The summed E-state index contributed by atoms with van der Waals surface area (Å²) in [6.45, 7) is 3.61. The second-order valence-corrected chi connectivity index (χ2v) is 5.10. The molecule has 0 spiro atoms. The van der Waals surface area contributed by atoms with E-state index in [0.717, 1.165) is 37.3 Å². The first-order chi connectivity index (χ1) is 9.13. The van der Waals surface area contributed by atoms with E-state index in [0.29, 0.717) is 0 Å². The highest BCUT2D eigenvalue weighted by Crippen LogP contribution is 2.27. The number of nitrogens with one attached hydrogen (secondary N) is 1. The Kier molecular flexibility index (Phi) is 4.37. The van der Waals surface area contributed by atoms with Crippen molar-refractivity contribution in [2.45, 2.75) is 25.8 Å². The summed E-state index contributed by atoms with van der Waals surface area (Å²) in [5.74, 6) is 1.08. The molecule has 1 aliphatic rings. The maximum absolute atomic E-state index is 11.8. The Balaban J connectivity index is 2.20. The van der Waals surface area contributed by atoms with Crippen LogP contribution in [-0.4, -0.2) is 31.0 Å². The molecule has 0 aromatic carbocycles. The molecule has 1 unspecified atom stereocenters. The SMILES string of the molecule is CNC(=O)C1CCCN(c2ncccc2[C@H](C)N)C1. The first-order valence-corrected chi connectivity index (χ1v) is 6.80. The third-order valence-electron chi connectivity index (χ3n) is 3.65. The summed E-state index contributed by atoms with van der Waals surface area (Å²) < 4.78 is 0. The van der Waals surface area contributed by atoms with Crippen LogP contribution in [0.5, 0.6) is 0 Å². The van der Waals surface area contributed by atoms with Gasteiger partial charge in [0.25, 0.3) is 0 Å². The van der Waals surface area contributed by atoms with E-state index in [-0.39, 0.29) is 17.9 Å². The van der Waals surface area contributed by atoms with E-state index in [9.17, 15) is 4.79 Å². The number of nitrogens with two attached hydrogens (primary N) is 1. The van der Waals surface area contributed by atoms with Crippen molar-refractivity contribution in [2.75, 3.05) is 25.0 Å². The van der Waals surface area contributed by atoms with Crippen molar-refractivity contribution in [3.05, 3.63) is 23.9 Å². The Bertz CT molecular complexity index is 447. The van der Waals surface area contributed by atoms with Crippen molar-refractivity contribution in [1.82, 2.24) is 10.3 Å². The standard InChI is InChI=1S/C14H22N4O/c1-10(15)12-6-3-7-17-13(12)18-8-4-5-11(9-18)14(19)16-2/h3,6-7,10-11H,4-5,8-9,15H2,1-2H3,(H,16,19)/t10-,11?/m0/s1. The summed E-state index contributed by atoms with van der Waals surface area (Å²) in [6.07, 6.45) is 3.73. The van der Waals surface area contributed by atoms with Gasteiger partial charge in [-0.05, 0) is 25.8 Å². The summed E-state index contributed by atoms with van der Waals surface area (Å²) in [4.78, 5) is 18.4. The monoisotopic (exact) mass is 262 g/mol. The van der Waals surface area contributed by atoms with Gasteiger partial charge in [0.1, 0.15) is 5.82 Å². The quantitative estimate of drug-likeness (QED) is 0.854. The molecule has 5 nitrogen and oxygen atoms in total. The molecule has 1 aromatic heterocycles. The maximum Gasteiger partial charge on any atom is 0.224 e. The molecule has 19 heavy (non-hydrogen) atoms. The summed E-state index contributed by atoms with van der Waals surface area (Å²) in [5, 5.41) is 2.73. The van der Waals surface area contributed by atoms with Crippen molar-refractivity contribution in [1.29, 1.82) is 0 Å². The lowest BCUT2D eigenvalue weighted by Gasteiger charge is -2.34. The van der Waals surface area contributed by atoms with Crippen molar-refractivity contribution in [3.8, 4) is 0 Å². The van der Waals surface area contributed by atoms with Gasteiger partial charge in [-0.3, -0.25) is 4.79 Å². The number of nitrogens with zero attached hydrogens (tertiary/aromatic N) is 2. The third kappa shape index (κ3) is 3.04. The summed E-state index contributed by atoms with van der Waals surface area (Å²) >= 11 is 0. The minimum absolute atomic E-state index is 0.0432. The van der Waals surface area contributed by atoms with Gasteiger partial charge in [-0.15, -0.1) is 0 Å². The average molecular weight is 262 g/mol. The summed E-state index contributed by atoms with van der Waals surface area (Å²) in [6, 6.07) is 3.86. The molecule has 0 aliphatic carbocycles. The number of hydrogen-bond donors (Lipinski definition) is 2. The van der Waals surface area contributed by atoms with Crippen molar-refractivity contribution in [2.24, 2.45) is 11.7 Å². The largest absolute Gasteiger partial charge is 0.359 e. The number of pyridine rings is 1. The molecule has 2 heterocycles. The molecule has 0 bridgehead atoms. The lowest BCUT2D eigenvalue weighted by molar-refractivity contribution is -0.124. The Morgan fingerprint density at radius 1 is 1.63 bits per heavy atom. The van der Waals surface area contributed by atoms with E-state index in [1.807, 2.05) is 19.1 Å². The lowest BCUT2D eigenvalue weighted by Crippen LogP contribution is -2.43. The van der Waals surface area contributed by atoms with Crippen LogP contribution in [0, 0.1) is 5.92 Å². The molecule has 5 heteroatoms. The van der Waals surface area contributed by atoms with Crippen LogP contribution in [0.2, 0.25) is 0 Å². The smallest absolute Gasteiger partial charge is 0.224 e. The summed E-state index contributed by atoms with van der Waals surface area (Å²) in [5.41, 5.74) is 7.04. The molecule has 0 radical (unpaired) electrons. The van der Waals surface area contributed by atoms with E-state index in [2.05, 4.69) is 15.2 Å². The molecule has 0 saturated carbocycles. The zero-order valence-corrected chi connectivity index (χ0v) is 11.6. The second kappa shape index (κ2) is 6.02. The lowest BCUT2D eigenvalue weighted by atomic mass is 9.96. The van der Waals surface area contributed by atoms with Crippen LogP contribution in [0.4, 0.5) is 5.82 Å². The van der Waals surface area contributed by atoms with Crippen LogP contribution in [0.3, 0.4) is 0 Å². The zero-order chi connectivity index (χ0) is 13.8. The fraction of sp³-hybridized carbons (Fsp3) is 0.571. The minimum Gasteiger partial charge on any atom is -0.359 e. The van der Waals surface area contributed by atoms with Gasteiger partial charge in [-0.1, -0.05) is 6.07 Å². The van der Waals surface area contributed by atoms with E-state index in [1.165, 1.54) is 0 Å². The topological polar surface area (TPSA) is 71.2 Å². The average Bonchev–Trinajstić information content (AvgIpc) is 2.46. The number of hydrogen-bond acceptors (Lipinski definition) is 4. The van der Waals surface area contributed by atoms with Gasteiger partial charge in [0.2, 0.25) is 5.91 Å².